The molecule has 0 aromatic heterocycles. The van der Waals surface area contributed by atoms with E-state index in [1.54, 1.807) is 7.11 Å². The lowest BCUT2D eigenvalue weighted by atomic mass is 10.0. The van der Waals surface area contributed by atoms with Crippen molar-refractivity contribution in [3.8, 4) is 11.5 Å². The van der Waals surface area contributed by atoms with Gasteiger partial charge in [0.2, 0.25) is 5.91 Å². The van der Waals surface area contributed by atoms with Crippen LogP contribution in [0.1, 0.15) is 31.2 Å². The van der Waals surface area contributed by atoms with Gasteiger partial charge in [-0.25, -0.2) is 0 Å². The largest absolute Gasteiger partial charge is 0.493 e. The highest BCUT2D eigenvalue weighted by Crippen LogP contribution is 2.35. The van der Waals surface area contributed by atoms with Crippen molar-refractivity contribution in [2.45, 2.75) is 44.2 Å². The lowest BCUT2D eigenvalue weighted by molar-refractivity contribution is -0.132. The second kappa shape index (κ2) is 11.4. The fraction of sp³-hybridized carbons (Fsp3) is 0.480. The van der Waals surface area contributed by atoms with Crippen molar-refractivity contribution in [3.63, 3.8) is 0 Å². The van der Waals surface area contributed by atoms with Gasteiger partial charge in [-0.15, -0.1) is 12.4 Å². The van der Waals surface area contributed by atoms with Gasteiger partial charge in [-0.2, -0.15) is 0 Å². The molecule has 174 valence electrons. The predicted octanol–water partition coefficient (Wildman–Crippen LogP) is 3.66. The Morgan fingerprint density at radius 3 is 2.50 bits per heavy atom. The first-order valence-corrected chi connectivity index (χ1v) is 11.3. The first kappa shape index (κ1) is 24.2. The molecule has 2 aliphatic rings. The van der Waals surface area contributed by atoms with E-state index in [0.717, 1.165) is 49.5 Å². The lowest BCUT2D eigenvalue weighted by Gasteiger charge is -2.42. The van der Waals surface area contributed by atoms with Crippen LogP contribution >= 0.6 is 12.4 Å². The highest BCUT2D eigenvalue weighted by molar-refractivity contribution is 5.85. The maximum absolute atomic E-state index is 12.5. The summed E-state index contributed by atoms with van der Waals surface area (Å²) in [6.07, 6.45) is 5.74. The molecule has 0 spiro atoms. The number of hydrogen-bond donors (Lipinski definition) is 1. The molecular weight excluding hydrogens is 426 g/mol. The summed E-state index contributed by atoms with van der Waals surface area (Å²) in [5.74, 6) is 1.60. The number of methoxy groups -OCH3 is 1. The monoisotopic (exact) mass is 459 g/mol. The van der Waals surface area contributed by atoms with Gasteiger partial charge in [-0.1, -0.05) is 30.3 Å². The molecule has 1 heterocycles. The van der Waals surface area contributed by atoms with Crippen molar-refractivity contribution in [3.05, 3.63) is 54.1 Å². The topological polar surface area (TPSA) is 68.0 Å². The zero-order valence-corrected chi connectivity index (χ0v) is 19.6. The van der Waals surface area contributed by atoms with Gasteiger partial charge in [0, 0.05) is 31.4 Å². The molecule has 2 fully saturated rings. The standard InChI is InChI=1S/C25H33N3O3.ClH/c1-30-23-12-11-20(16-24(23)31-22-9-5-6-10-22)27-13-14-28(25(29)17-26)21(18-27)15-19-7-3-2-4-8-19;/h2-4,7-8,11-12,16,21-22H,5-6,9-10,13-15,17-18,26H2,1H3;1H/t21-;/m0./s1. The Kier molecular flexibility index (Phi) is 8.65. The van der Waals surface area contributed by atoms with E-state index in [0.29, 0.717) is 6.54 Å². The van der Waals surface area contributed by atoms with E-state index in [9.17, 15) is 4.79 Å². The molecule has 0 unspecified atom stereocenters. The summed E-state index contributed by atoms with van der Waals surface area (Å²) in [5.41, 5.74) is 8.03. The van der Waals surface area contributed by atoms with E-state index in [1.165, 1.54) is 18.4 Å². The van der Waals surface area contributed by atoms with E-state index in [1.807, 2.05) is 29.2 Å². The molecule has 1 saturated carbocycles. The zero-order chi connectivity index (χ0) is 21.6. The van der Waals surface area contributed by atoms with Crippen molar-refractivity contribution in [1.82, 2.24) is 4.90 Å². The number of anilines is 1. The van der Waals surface area contributed by atoms with Crippen LogP contribution in [0.5, 0.6) is 11.5 Å². The van der Waals surface area contributed by atoms with Crippen LogP contribution < -0.4 is 20.1 Å². The first-order chi connectivity index (χ1) is 15.2. The van der Waals surface area contributed by atoms with Gasteiger partial charge in [0.05, 0.1) is 25.8 Å². The Labute approximate surface area is 197 Å². The fourth-order valence-electron chi connectivity index (χ4n) is 4.74. The number of carbonyl (C=O) groups is 1. The summed E-state index contributed by atoms with van der Waals surface area (Å²) in [5, 5.41) is 0. The van der Waals surface area contributed by atoms with Gasteiger partial charge < -0.3 is 25.0 Å². The van der Waals surface area contributed by atoms with Crippen LogP contribution in [0.2, 0.25) is 0 Å². The molecule has 2 aromatic carbocycles. The Morgan fingerprint density at radius 1 is 1.06 bits per heavy atom. The molecule has 2 aromatic rings. The number of rotatable bonds is 7. The van der Waals surface area contributed by atoms with Crippen LogP contribution in [0.25, 0.3) is 0 Å². The molecule has 1 aliphatic carbocycles. The second-order valence-electron chi connectivity index (χ2n) is 8.44. The summed E-state index contributed by atoms with van der Waals surface area (Å²) < 4.78 is 11.8. The Hall–Kier alpha value is -2.44. The quantitative estimate of drug-likeness (QED) is 0.684. The minimum atomic E-state index is 0. The first-order valence-electron chi connectivity index (χ1n) is 11.3. The van der Waals surface area contributed by atoms with Crippen molar-refractivity contribution in [2.75, 3.05) is 38.2 Å². The Bertz CT molecular complexity index is 874. The van der Waals surface area contributed by atoms with Crippen LogP contribution in [0.4, 0.5) is 5.69 Å². The van der Waals surface area contributed by atoms with E-state index in [-0.39, 0.29) is 37.0 Å². The van der Waals surface area contributed by atoms with Crippen LogP contribution in [0, 0.1) is 0 Å². The van der Waals surface area contributed by atoms with Gasteiger partial charge in [-0.05, 0) is 49.8 Å². The number of amides is 1. The van der Waals surface area contributed by atoms with E-state index in [2.05, 4.69) is 29.2 Å². The minimum absolute atomic E-state index is 0. The van der Waals surface area contributed by atoms with Crippen LogP contribution in [-0.4, -0.2) is 56.2 Å². The molecular formula is C25H34ClN3O3. The van der Waals surface area contributed by atoms with E-state index in [4.69, 9.17) is 15.2 Å². The number of halogens is 1. The van der Waals surface area contributed by atoms with Crippen molar-refractivity contribution in [2.24, 2.45) is 5.73 Å². The number of ether oxygens (including phenoxy) is 2. The molecule has 0 radical (unpaired) electrons. The summed E-state index contributed by atoms with van der Waals surface area (Å²) in [7, 11) is 1.68. The molecule has 1 aliphatic heterocycles. The number of carbonyl (C=O) groups excluding carboxylic acids is 1. The molecule has 2 N–H and O–H groups in total. The summed E-state index contributed by atoms with van der Waals surface area (Å²) in [6, 6.07) is 16.6. The predicted molar refractivity (Wildman–Crippen MR) is 130 cm³/mol. The molecule has 7 heteroatoms. The number of nitrogens with two attached hydrogens (primary N) is 1. The SMILES string of the molecule is COc1ccc(N2CCN(C(=O)CN)[C@@H](Cc3ccccc3)C2)cc1OC1CCCC1.Cl. The maximum atomic E-state index is 12.5. The molecule has 6 nitrogen and oxygen atoms in total. The normalized spacial score (nSPS) is 18.9. The number of hydrogen-bond acceptors (Lipinski definition) is 5. The van der Waals surface area contributed by atoms with Gasteiger partial charge in [-0.3, -0.25) is 4.79 Å². The summed E-state index contributed by atoms with van der Waals surface area (Å²) in [4.78, 5) is 16.8. The number of nitrogens with zero attached hydrogens (tertiary/aromatic N) is 2. The van der Waals surface area contributed by atoms with Crippen molar-refractivity contribution < 1.29 is 14.3 Å². The van der Waals surface area contributed by atoms with Gasteiger partial charge >= 0.3 is 0 Å². The number of piperazine rings is 1. The molecule has 1 atom stereocenters. The lowest BCUT2D eigenvalue weighted by Crippen LogP contribution is -2.57. The molecule has 4 rings (SSSR count). The highest BCUT2D eigenvalue weighted by Gasteiger charge is 2.30. The maximum Gasteiger partial charge on any atom is 0.236 e. The van der Waals surface area contributed by atoms with Gasteiger partial charge in [0.25, 0.3) is 0 Å². The molecule has 1 amide bonds. The van der Waals surface area contributed by atoms with Gasteiger partial charge in [0.15, 0.2) is 11.5 Å². The minimum Gasteiger partial charge on any atom is -0.493 e. The Balaban J connectivity index is 0.00000289. The Morgan fingerprint density at radius 2 is 1.81 bits per heavy atom. The molecule has 1 saturated heterocycles. The second-order valence-corrected chi connectivity index (χ2v) is 8.44. The smallest absolute Gasteiger partial charge is 0.236 e. The third-order valence-electron chi connectivity index (χ3n) is 6.40. The zero-order valence-electron chi connectivity index (χ0n) is 18.7. The number of benzene rings is 2. The van der Waals surface area contributed by atoms with Crippen LogP contribution in [0.15, 0.2) is 48.5 Å². The average molecular weight is 460 g/mol. The third kappa shape index (κ3) is 5.67. The fourth-order valence-corrected chi connectivity index (χ4v) is 4.74. The van der Waals surface area contributed by atoms with Crippen LogP contribution in [0.3, 0.4) is 0 Å². The summed E-state index contributed by atoms with van der Waals surface area (Å²) >= 11 is 0. The van der Waals surface area contributed by atoms with Crippen LogP contribution in [-0.2, 0) is 11.2 Å². The van der Waals surface area contributed by atoms with Crippen molar-refractivity contribution >= 4 is 24.0 Å². The van der Waals surface area contributed by atoms with Crippen molar-refractivity contribution in [1.29, 1.82) is 0 Å². The van der Waals surface area contributed by atoms with E-state index >= 15 is 0 Å². The molecule has 32 heavy (non-hydrogen) atoms. The highest BCUT2D eigenvalue weighted by atomic mass is 35.5. The summed E-state index contributed by atoms with van der Waals surface area (Å²) in [6.45, 7) is 2.24. The van der Waals surface area contributed by atoms with E-state index < -0.39 is 0 Å². The van der Waals surface area contributed by atoms with Gasteiger partial charge in [0.1, 0.15) is 0 Å². The average Bonchev–Trinajstić information content (AvgIpc) is 3.32. The third-order valence-corrected chi connectivity index (χ3v) is 6.40. The molecule has 0 bridgehead atoms.